The molecule has 0 spiro atoms. The normalized spacial score (nSPS) is 17.9. The summed E-state index contributed by atoms with van der Waals surface area (Å²) >= 11 is 0. The molecule has 0 unspecified atom stereocenters. The average molecular weight is 634 g/mol. The number of pyridine rings is 2. The Morgan fingerprint density at radius 3 is 2.54 bits per heavy atom. The van der Waals surface area contributed by atoms with E-state index in [1.807, 2.05) is 11.6 Å². The van der Waals surface area contributed by atoms with E-state index in [4.69, 9.17) is 10.8 Å². The molecule has 0 bridgehead atoms. The highest BCUT2D eigenvalue weighted by Crippen LogP contribution is 2.34. The molecule has 0 aliphatic carbocycles. The van der Waals surface area contributed by atoms with Crippen LogP contribution in [-0.2, 0) is 17.5 Å². The molecule has 242 valence electrons. The van der Waals surface area contributed by atoms with E-state index in [2.05, 4.69) is 32.8 Å². The molecular weight excluding hydrogens is 595 g/mol. The Morgan fingerprint density at radius 2 is 1.78 bits per heavy atom. The standard InChI is InChI=1S/C34H38F3N7O2/c1-22-17-19-44-31-25(10-8-6-4-2-3-5-7-9-11-28(45)41-22)21-40-32(38)29(31)30(43-44)23-12-14-24(15-13-23)33(46)42-27-20-26(16-18-39-27)34(35,36)37/h8,10,12-16,18,20-22H,2-7,9,11,17,19H2,1H3,(H2,38,40)(H,41,45)(H,39,42,46)/b10-8+/t22-/m1/s1. The van der Waals surface area contributed by atoms with E-state index in [0.29, 0.717) is 41.8 Å². The fourth-order valence-electron chi connectivity index (χ4n) is 5.59. The van der Waals surface area contributed by atoms with Gasteiger partial charge in [-0.15, -0.1) is 0 Å². The van der Waals surface area contributed by atoms with Gasteiger partial charge in [0.05, 0.1) is 16.5 Å². The van der Waals surface area contributed by atoms with E-state index in [9.17, 15) is 22.8 Å². The number of amides is 2. The van der Waals surface area contributed by atoms with Crippen molar-refractivity contribution < 1.29 is 22.8 Å². The Labute approximate surface area is 265 Å². The molecule has 4 aromatic rings. The van der Waals surface area contributed by atoms with Crippen LogP contribution in [0.1, 0.15) is 86.2 Å². The molecule has 0 saturated carbocycles. The van der Waals surface area contributed by atoms with Crippen LogP contribution in [0, 0.1) is 0 Å². The van der Waals surface area contributed by atoms with Gasteiger partial charge < -0.3 is 16.4 Å². The minimum absolute atomic E-state index is 0.0589. The number of carbonyl (C=O) groups is 2. The van der Waals surface area contributed by atoms with Crippen molar-refractivity contribution in [2.45, 2.75) is 83.5 Å². The lowest BCUT2D eigenvalue weighted by Gasteiger charge is -2.15. The second-order valence-corrected chi connectivity index (χ2v) is 11.7. The highest BCUT2D eigenvalue weighted by molar-refractivity contribution is 6.06. The van der Waals surface area contributed by atoms with Gasteiger partial charge >= 0.3 is 6.18 Å². The maximum absolute atomic E-state index is 13.1. The van der Waals surface area contributed by atoms with Crippen LogP contribution >= 0.6 is 0 Å². The number of benzene rings is 1. The van der Waals surface area contributed by atoms with Crippen LogP contribution in [0.2, 0.25) is 0 Å². The predicted octanol–water partition coefficient (Wildman–Crippen LogP) is 7.39. The number of nitrogens with zero attached hydrogens (tertiary/aromatic N) is 4. The fraction of sp³-hybridized carbons (Fsp3) is 0.382. The number of nitrogens with two attached hydrogens (primary N) is 1. The van der Waals surface area contributed by atoms with Gasteiger partial charge in [-0.25, -0.2) is 9.97 Å². The summed E-state index contributed by atoms with van der Waals surface area (Å²) in [6.45, 7) is 2.50. The summed E-state index contributed by atoms with van der Waals surface area (Å²) < 4.78 is 41.2. The number of aryl methyl sites for hydroxylation is 1. The molecule has 0 fully saturated rings. The number of rotatable bonds is 3. The smallest absolute Gasteiger partial charge is 0.383 e. The number of hydrogen-bond acceptors (Lipinski definition) is 6. The van der Waals surface area contributed by atoms with Crippen molar-refractivity contribution in [1.29, 1.82) is 0 Å². The molecule has 1 aliphatic heterocycles. The second kappa shape index (κ2) is 14.6. The van der Waals surface area contributed by atoms with E-state index in [1.165, 1.54) is 0 Å². The van der Waals surface area contributed by atoms with E-state index in [0.717, 1.165) is 74.4 Å². The zero-order valence-electron chi connectivity index (χ0n) is 25.7. The van der Waals surface area contributed by atoms with E-state index in [1.54, 1.807) is 30.5 Å². The van der Waals surface area contributed by atoms with Crippen LogP contribution < -0.4 is 16.4 Å². The molecule has 4 N–H and O–H groups in total. The molecule has 0 radical (unpaired) electrons. The number of allylic oxidation sites excluding steroid dienone is 1. The zero-order valence-corrected chi connectivity index (χ0v) is 25.7. The summed E-state index contributed by atoms with van der Waals surface area (Å²) in [6.07, 6.45) is 11.0. The lowest BCUT2D eigenvalue weighted by Crippen LogP contribution is -2.33. The summed E-state index contributed by atoms with van der Waals surface area (Å²) in [5.74, 6) is -0.432. The maximum Gasteiger partial charge on any atom is 0.416 e. The van der Waals surface area contributed by atoms with Crippen molar-refractivity contribution in [3.63, 3.8) is 0 Å². The van der Waals surface area contributed by atoms with Crippen LogP contribution in [-0.4, -0.2) is 37.6 Å². The van der Waals surface area contributed by atoms with Gasteiger partial charge in [0.25, 0.3) is 5.91 Å². The third kappa shape index (κ3) is 8.09. The SMILES string of the molecule is C[C@@H]1CCn2nc(-c3ccc(C(=O)Nc4cc(C(F)(F)F)ccn4)cc3)c3c(N)ncc(c32)/C=C/CCCCCCCCC(=O)N1. The van der Waals surface area contributed by atoms with Crippen LogP contribution in [0.25, 0.3) is 28.2 Å². The minimum Gasteiger partial charge on any atom is -0.383 e. The van der Waals surface area contributed by atoms with Gasteiger partial charge in [-0.05, 0) is 56.9 Å². The molecule has 9 nitrogen and oxygen atoms in total. The largest absolute Gasteiger partial charge is 0.416 e. The highest BCUT2D eigenvalue weighted by atomic mass is 19.4. The number of carbonyl (C=O) groups excluding carboxylic acids is 2. The summed E-state index contributed by atoms with van der Waals surface area (Å²) in [5.41, 5.74) is 8.75. The molecule has 1 aliphatic rings. The van der Waals surface area contributed by atoms with Crippen molar-refractivity contribution in [2.75, 3.05) is 11.1 Å². The zero-order chi connectivity index (χ0) is 32.7. The van der Waals surface area contributed by atoms with Gasteiger partial charge in [-0.1, -0.05) is 50.0 Å². The molecule has 2 amide bonds. The molecule has 1 atom stereocenters. The van der Waals surface area contributed by atoms with Crippen molar-refractivity contribution in [3.8, 4) is 11.3 Å². The third-order valence-electron chi connectivity index (χ3n) is 8.08. The molecule has 4 heterocycles. The molecule has 5 rings (SSSR count). The van der Waals surface area contributed by atoms with E-state index in [-0.39, 0.29) is 23.3 Å². The van der Waals surface area contributed by atoms with Crippen LogP contribution in [0.15, 0.2) is 54.9 Å². The topological polar surface area (TPSA) is 128 Å². The number of hydrogen-bond donors (Lipinski definition) is 3. The lowest BCUT2D eigenvalue weighted by atomic mass is 10.0. The summed E-state index contributed by atoms with van der Waals surface area (Å²) in [4.78, 5) is 33.7. The number of alkyl halides is 3. The van der Waals surface area contributed by atoms with Gasteiger partial charge in [-0.2, -0.15) is 18.3 Å². The number of nitrogens with one attached hydrogen (secondary N) is 2. The Hall–Kier alpha value is -4.74. The van der Waals surface area contributed by atoms with Gasteiger partial charge in [0.15, 0.2) is 0 Å². The fourth-order valence-corrected chi connectivity index (χ4v) is 5.59. The first-order chi connectivity index (χ1) is 22.1. The summed E-state index contributed by atoms with van der Waals surface area (Å²) in [7, 11) is 0. The highest BCUT2D eigenvalue weighted by Gasteiger charge is 2.31. The molecule has 3 aromatic heterocycles. The van der Waals surface area contributed by atoms with Gasteiger partial charge in [0.1, 0.15) is 17.3 Å². The van der Waals surface area contributed by atoms with Gasteiger partial charge in [0.2, 0.25) is 5.91 Å². The minimum atomic E-state index is -4.55. The first-order valence-electron chi connectivity index (χ1n) is 15.7. The number of anilines is 2. The third-order valence-corrected chi connectivity index (χ3v) is 8.08. The molecule has 12 heteroatoms. The Morgan fingerprint density at radius 1 is 1.04 bits per heavy atom. The number of aromatic nitrogens is 4. The van der Waals surface area contributed by atoms with Crippen molar-refractivity contribution >= 4 is 40.4 Å². The van der Waals surface area contributed by atoms with Crippen LogP contribution in [0.3, 0.4) is 0 Å². The van der Waals surface area contributed by atoms with Crippen LogP contribution in [0.5, 0.6) is 0 Å². The molecule has 0 saturated heterocycles. The quantitative estimate of drug-likeness (QED) is 0.216. The number of nitrogen functional groups attached to an aromatic ring is 1. The summed E-state index contributed by atoms with van der Waals surface area (Å²) in [6, 6.07) is 8.14. The lowest BCUT2D eigenvalue weighted by molar-refractivity contribution is -0.137. The van der Waals surface area contributed by atoms with Crippen molar-refractivity contribution in [2.24, 2.45) is 0 Å². The molecular formula is C34H38F3N7O2. The van der Waals surface area contributed by atoms with E-state index >= 15 is 0 Å². The second-order valence-electron chi connectivity index (χ2n) is 11.7. The monoisotopic (exact) mass is 633 g/mol. The average Bonchev–Trinajstić information content (AvgIpc) is 3.42. The first kappa shape index (κ1) is 32.6. The van der Waals surface area contributed by atoms with E-state index < -0.39 is 17.6 Å². The van der Waals surface area contributed by atoms with Crippen molar-refractivity contribution in [1.82, 2.24) is 25.1 Å². The molecule has 1 aromatic carbocycles. The Kier molecular flexibility index (Phi) is 10.3. The molecule has 46 heavy (non-hydrogen) atoms. The van der Waals surface area contributed by atoms with Gasteiger partial charge in [-0.3, -0.25) is 14.3 Å². The van der Waals surface area contributed by atoms with Crippen LogP contribution in [0.4, 0.5) is 24.8 Å². The predicted molar refractivity (Wildman–Crippen MR) is 173 cm³/mol. The van der Waals surface area contributed by atoms with Gasteiger partial charge in [0, 0.05) is 48.1 Å². The van der Waals surface area contributed by atoms with Crippen molar-refractivity contribution in [3.05, 3.63) is 71.6 Å². The summed E-state index contributed by atoms with van der Waals surface area (Å²) in [5, 5.41) is 11.2. The first-order valence-corrected chi connectivity index (χ1v) is 15.7. The maximum atomic E-state index is 13.1. The number of halogens is 3. The Balaban J connectivity index is 1.44. The Bertz CT molecular complexity index is 1710.